The van der Waals surface area contributed by atoms with Gasteiger partial charge in [0.1, 0.15) is 0 Å². The van der Waals surface area contributed by atoms with E-state index in [2.05, 4.69) is 15.9 Å². The highest BCUT2D eigenvalue weighted by Crippen LogP contribution is 2.37. The smallest absolute Gasteiger partial charge is 0.316 e. The van der Waals surface area contributed by atoms with Crippen LogP contribution in [0, 0.1) is 17.2 Å². The third-order valence-corrected chi connectivity index (χ3v) is 4.99. The molecule has 0 unspecified atom stereocenters. The van der Waals surface area contributed by atoms with Gasteiger partial charge in [-0.3, -0.25) is 9.59 Å². The van der Waals surface area contributed by atoms with Crippen LogP contribution in [0.25, 0.3) is 0 Å². The lowest BCUT2D eigenvalue weighted by Gasteiger charge is -2.17. The van der Waals surface area contributed by atoms with Crippen LogP contribution >= 0.6 is 15.9 Å². The van der Waals surface area contributed by atoms with Crippen LogP contribution in [0.3, 0.4) is 0 Å². The van der Waals surface area contributed by atoms with Gasteiger partial charge in [-0.15, -0.1) is 0 Å². The zero-order chi connectivity index (χ0) is 20.1. The molecule has 1 saturated heterocycles. The first kappa shape index (κ1) is 19.9. The molecule has 3 rings (SSSR count). The molecule has 0 saturated carbocycles. The van der Waals surface area contributed by atoms with Crippen molar-refractivity contribution < 1.29 is 19.1 Å². The number of nitriles is 1. The monoisotopic (exact) mass is 442 g/mol. The number of halogens is 1. The summed E-state index contributed by atoms with van der Waals surface area (Å²) >= 11 is 3.33. The number of carbonyl (C=O) groups excluding carboxylic acids is 2. The van der Waals surface area contributed by atoms with Crippen LogP contribution < -0.4 is 9.47 Å². The van der Waals surface area contributed by atoms with E-state index in [0.717, 1.165) is 5.56 Å². The zero-order valence-corrected chi connectivity index (χ0v) is 16.9. The number of rotatable bonds is 6. The van der Waals surface area contributed by atoms with E-state index < -0.39 is 11.9 Å². The highest BCUT2D eigenvalue weighted by Gasteiger charge is 2.36. The predicted molar refractivity (Wildman–Crippen MR) is 106 cm³/mol. The highest BCUT2D eigenvalue weighted by atomic mass is 79.9. The van der Waals surface area contributed by atoms with Crippen LogP contribution in [0.5, 0.6) is 11.5 Å². The average molecular weight is 443 g/mol. The van der Waals surface area contributed by atoms with Crippen LogP contribution in [0.4, 0.5) is 0 Å². The standard InChI is InChI=1S/C21H19BrN2O4/c1-2-27-18-9-15(11-23)8-17(22)20(18)28-21(26)16-10-19(25)24(13-16)12-14-6-4-3-5-7-14/h3-9,16H,2,10,12-13H2,1H3/t16-/m1/s1. The van der Waals surface area contributed by atoms with Crippen LogP contribution in [0.1, 0.15) is 24.5 Å². The van der Waals surface area contributed by atoms with E-state index in [0.29, 0.717) is 35.5 Å². The first-order valence-corrected chi connectivity index (χ1v) is 9.71. The quantitative estimate of drug-likeness (QED) is 0.503. The van der Waals surface area contributed by atoms with Gasteiger partial charge >= 0.3 is 5.97 Å². The summed E-state index contributed by atoms with van der Waals surface area (Å²) in [5.74, 6) is -0.578. The Bertz CT molecular complexity index is 924. The number of likely N-dealkylation sites (tertiary alicyclic amines) is 1. The van der Waals surface area contributed by atoms with Crippen molar-refractivity contribution in [2.24, 2.45) is 5.92 Å². The molecule has 1 aliphatic rings. The Hall–Kier alpha value is -2.85. The lowest BCUT2D eigenvalue weighted by molar-refractivity contribution is -0.139. The molecule has 1 fully saturated rings. The fourth-order valence-corrected chi connectivity index (χ4v) is 3.59. The van der Waals surface area contributed by atoms with Gasteiger partial charge in [0, 0.05) is 25.6 Å². The van der Waals surface area contributed by atoms with Gasteiger partial charge in [0.25, 0.3) is 0 Å². The number of nitrogens with zero attached hydrogens (tertiary/aromatic N) is 2. The molecule has 1 amide bonds. The molecule has 7 heteroatoms. The van der Waals surface area contributed by atoms with Gasteiger partial charge in [0.05, 0.1) is 28.6 Å². The van der Waals surface area contributed by atoms with E-state index in [4.69, 9.17) is 14.7 Å². The summed E-state index contributed by atoms with van der Waals surface area (Å²) in [7, 11) is 0. The van der Waals surface area contributed by atoms with Crippen molar-refractivity contribution in [1.29, 1.82) is 5.26 Å². The Labute approximate surface area is 171 Å². The summed E-state index contributed by atoms with van der Waals surface area (Å²) in [6.45, 7) is 2.94. The van der Waals surface area contributed by atoms with Gasteiger partial charge in [-0.1, -0.05) is 30.3 Å². The number of benzene rings is 2. The molecule has 1 heterocycles. The molecule has 0 spiro atoms. The number of hydrogen-bond donors (Lipinski definition) is 0. The third-order valence-electron chi connectivity index (χ3n) is 4.41. The largest absolute Gasteiger partial charge is 0.490 e. The maximum atomic E-state index is 12.7. The third kappa shape index (κ3) is 4.52. The van der Waals surface area contributed by atoms with Crippen LogP contribution in [0.15, 0.2) is 46.9 Å². The summed E-state index contributed by atoms with van der Waals surface area (Å²) in [5, 5.41) is 9.10. The van der Waals surface area contributed by atoms with E-state index in [1.165, 1.54) is 6.07 Å². The average Bonchev–Trinajstić information content (AvgIpc) is 3.05. The molecule has 144 valence electrons. The van der Waals surface area contributed by atoms with E-state index in [1.54, 1.807) is 17.9 Å². The van der Waals surface area contributed by atoms with Crippen LogP contribution in [0.2, 0.25) is 0 Å². The molecular formula is C21H19BrN2O4. The molecular weight excluding hydrogens is 424 g/mol. The predicted octanol–water partition coefficient (Wildman–Crippen LogP) is 3.67. The number of esters is 1. The second kappa shape index (κ2) is 8.89. The second-order valence-corrected chi connectivity index (χ2v) is 7.27. The van der Waals surface area contributed by atoms with Crippen molar-refractivity contribution in [3.63, 3.8) is 0 Å². The van der Waals surface area contributed by atoms with Gasteiger partial charge in [-0.05, 0) is 34.5 Å². The number of ether oxygens (including phenoxy) is 2. The first-order valence-electron chi connectivity index (χ1n) is 8.91. The van der Waals surface area contributed by atoms with E-state index in [1.807, 2.05) is 36.4 Å². The minimum absolute atomic E-state index is 0.0743. The molecule has 0 radical (unpaired) electrons. The molecule has 2 aromatic carbocycles. The maximum absolute atomic E-state index is 12.7. The molecule has 0 aromatic heterocycles. The van der Waals surface area contributed by atoms with Crippen molar-refractivity contribution in [3.8, 4) is 17.6 Å². The summed E-state index contributed by atoms with van der Waals surface area (Å²) in [5.41, 5.74) is 1.40. The van der Waals surface area contributed by atoms with Crippen LogP contribution in [-0.2, 0) is 16.1 Å². The molecule has 1 atom stereocenters. The van der Waals surface area contributed by atoms with Gasteiger partial charge < -0.3 is 14.4 Å². The molecule has 1 aliphatic heterocycles. The number of amides is 1. The van der Waals surface area contributed by atoms with Gasteiger partial charge in [0.2, 0.25) is 5.91 Å². The lowest BCUT2D eigenvalue weighted by atomic mass is 10.1. The van der Waals surface area contributed by atoms with Crippen molar-refractivity contribution in [2.75, 3.05) is 13.2 Å². The normalized spacial score (nSPS) is 16.0. The van der Waals surface area contributed by atoms with E-state index in [9.17, 15) is 9.59 Å². The zero-order valence-electron chi connectivity index (χ0n) is 15.4. The first-order chi connectivity index (χ1) is 13.5. The highest BCUT2D eigenvalue weighted by molar-refractivity contribution is 9.10. The van der Waals surface area contributed by atoms with Crippen molar-refractivity contribution in [3.05, 3.63) is 58.1 Å². The summed E-state index contributed by atoms with van der Waals surface area (Å²) < 4.78 is 11.5. The number of carbonyl (C=O) groups is 2. The Kier molecular flexibility index (Phi) is 6.32. The summed E-state index contributed by atoms with van der Waals surface area (Å²) in [6.07, 6.45) is 0.115. The van der Waals surface area contributed by atoms with Crippen molar-refractivity contribution in [2.45, 2.75) is 19.9 Å². The topological polar surface area (TPSA) is 79.6 Å². The minimum atomic E-state index is -0.548. The van der Waals surface area contributed by atoms with Crippen LogP contribution in [-0.4, -0.2) is 29.9 Å². The van der Waals surface area contributed by atoms with Crippen molar-refractivity contribution >= 4 is 27.8 Å². The Morgan fingerprint density at radius 1 is 1.32 bits per heavy atom. The lowest BCUT2D eigenvalue weighted by Crippen LogP contribution is -2.27. The fraction of sp³-hybridized carbons (Fsp3) is 0.286. The molecule has 2 aromatic rings. The van der Waals surface area contributed by atoms with Crippen molar-refractivity contribution in [1.82, 2.24) is 4.90 Å². The molecule has 0 bridgehead atoms. The van der Waals surface area contributed by atoms with E-state index >= 15 is 0 Å². The van der Waals surface area contributed by atoms with Gasteiger partial charge in [-0.25, -0.2) is 0 Å². The summed E-state index contributed by atoms with van der Waals surface area (Å²) in [4.78, 5) is 26.7. The molecule has 6 nitrogen and oxygen atoms in total. The van der Waals surface area contributed by atoms with Gasteiger partial charge in [0.15, 0.2) is 11.5 Å². The molecule has 0 N–H and O–H groups in total. The SMILES string of the molecule is CCOc1cc(C#N)cc(Br)c1OC(=O)[C@@H]1CC(=O)N(Cc2ccccc2)C1. The Morgan fingerprint density at radius 3 is 2.75 bits per heavy atom. The van der Waals surface area contributed by atoms with Gasteiger partial charge in [-0.2, -0.15) is 5.26 Å². The Balaban J connectivity index is 1.72. The maximum Gasteiger partial charge on any atom is 0.316 e. The number of hydrogen-bond acceptors (Lipinski definition) is 5. The summed E-state index contributed by atoms with van der Waals surface area (Å²) in [6, 6.07) is 14.8. The second-order valence-electron chi connectivity index (χ2n) is 6.41. The Morgan fingerprint density at radius 2 is 2.07 bits per heavy atom. The molecule has 0 aliphatic carbocycles. The fourth-order valence-electron chi connectivity index (χ4n) is 3.07. The van der Waals surface area contributed by atoms with E-state index in [-0.39, 0.29) is 18.1 Å². The molecule has 28 heavy (non-hydrogen) atoms. The minimum Gasteiger partial charge on any atom is -0.490 e.